The van der Waals surface area contributed by atoms with Gasteiger partial charge in [0.05, 0.1) is 12.2 Å². The Bertz CT molecular complexity index is 390. The summed E-state index contributed by atoms with van der Waals surface area (Å²) in [5.74, 6) is -0.240. The lowest BCUT2D eigenvalue weighted by molar-refractivity contribution is -0.109. The van der Waals surface area contributed by atoms with Gasteiger partial charge in [0, 0.05) is 19.6 Å². The highest BCUT2D eigenvalue weighted by Crippen LogP contribution is 2.14. The lowest BCUT2D eigenvalue weighted by Gasteiger charge is -2.36. The lowest BCUT2D eigenvalue weighted by atomic mass is 10.0. The molecule has 2 unspecified atom stereocenters. The summed E-state index contributed by atoms with van der Waals surface area (Å²) in [6.45, 7) is 1.14. The maximum absolute atomic E-state index is 13.4. The predicted octanol–water partition coefficient (Wildman–Crippen LogP) is -0.233. The SMILES string of the molecule is OC1CN(CCc2ccccc2F)CC(O)C1O. The average Bonchev–Trinajstić information content (AvgIpc) is 2.35. The molecule has 4 nitrogen and oxygen atoms in total. The number of nitrogens with zero attached hydrogens (tertiary/aromatic N) is 1. The van der Waals surface area contributed by atoms with E-state index in [0.717, 1.165) is 0 Å². The summed E-state index contributed by atoms with van der Waals surface area (Å²) < 4.78 is 13.4. The summed E-state index contributed by atoms with van der Waals surface area (Å²) in [6, 6.07) is 6.56. The summed E-state index contributed by atoms with van der Waals surface area (Å²) in [7, 11) is 0. The first-order valence-electron chi connectivity index (χ1n) is 6.08. The molecule has 0 spiro atoms. The summed E-state index contributed by atoms with van der Waals surface area (Å²) in [5, 5.41) is 28.5. The second-order valence-electron chi connectivity index (χ2n) is 4.73. The standard InChI is InChI=1S/C13H18FNO3/c14-10-4-2-1-3-9(10)5-6-15-7-11(16)13(18)12(17)8-15/h1-4,11-13,16-18H,5-8H2. The highest BCUT2D eigenvalue weighted by Gasteiger charge is 2.32. The second-order valence-corrected chi connectivity index (χ2v) is 4.73. The van der Waals surface area contributed by atoms with Gasteiger partial charge in [-0.2, -0.15) is 0 Å². The molecule has 2 rings (SSSR count). The number of aliphatic hydroxyl groups excluding tert-OH is 3. The molecule has 1 aliphatic rings. The Hall–Kier alpha value is -1.01. The predicted molar refractivity (Wildman–Crippen MR) is 64.6 cm³/mol. The maximum Gasteiger partial charge on any atom is 0.126 e. The van der Waals surface area contributed by atoms with Crippen LogP contribution in [-0.2, 0) is 6.42 Å². The molecule has 0 radical (unpaired) electrons. The topological polar surface area (TPSA) is 63.9 Å². The van der Waals surface area contributed by atoms with E-state index in [-0.39, 0.29) is 5.82 Å². The smallest absolute Gasteiger partial charge is 0.126 e. The van der Waals surface area contributed by atoms with Crippen LogP contribution < -0.4 is 0 Å². The van der Waals surface area contributed by atoms with E-state index in [1.54, 1.807) is 18.2 Å². The Morgan fingerprint density at radius 2 is 1.72 bits per heavy atom. The number of benzene rings is 1. The van der Waals surface area contributed by atoms with Crippen LogP contribution in [0.25, 0.3) is 0 Å². The fourth-order valence-electron chi connectivity index (χ4n) is 2.24. The van der Waals surface area contributed by atoms with E-state index in [0.29, 0.717) is 31.6 Å². The molecule has 0 bridgehead atoms. The molecular weight excluding hydrogens is 237 g/mol. The number of β-amino-alcohol motifs (C(OH)–C–C–N with tert-alkyl or cyclic N) is 2. The molecule has 3 N–H and O–H groups in total. The number of hydrogen-bond acceptors (Lipinski definition) is 4. The minimum absolute atomic E-state index is 0.240. The quantitative estimate of drug-likeness (QED) is 0.698. The second kappa shape index (κ2) is 5.75. The van der Waals surface area contributed by atoms with Gasteiger partial charge in [-0.1, -0.05) is 18.2 Å². The minimum atomic E-state index is -1.09. The molecule has 0 saturated carbocycles. The van der Waals surface area contributed by atoms with Gasteiger partial charge in [-0.3, -0.25) is 4.90 Å². The third-order valence-corrected chi connectivity index (χ3v) is 3.33. The largest absolute Gasteiger partial charge is 0.389 e. The molecule has 1 aromatic carbocycles. The van der Waals surface area contributed by atoms with Crippen molar-refractivity contribution < 1.29 is 19.7 Å². The van der Waals surface area contributed by atoms with Crippen molar-refractivity contribution in [1.29, 1.82) is 0 Å². The van der Waals surface area contributed by atoms with Crippen molar-refractivity contribution in [3.05, 3.63) is 35.6 Å². The van der Waals surface area contributed by atoms with E-state index in [2.05, 4.69) is 0 Å². The lowest BCUT2D eigenvalue weighted by Crippen LogP contribution is -2.55. The summed E-state index contributed by atoms with van der Waals surface area (Å²) in [4.78, 5) is 1.83. The molecule has 100 valence electrons. The van der Waals surface area contributed by atoms with E-state index in [1.807, 2.05) is 4.90 Å². The number of aliphatic hydroxyl groups is 3. The average molecular weight is 255 g/mol. The molecule has 1 aromatic rings. The van der Waals surface area contributed by atoms with Gasteiger partial charge in [-0.05, 0) is 18.1 Å². The van der Waals surface area contributed by atoms with Crippen LogP contribution >= 0.6 is 0 Å². The Labute approximate surface area is 105 Å². The van der Waals surface area contributed by atoms with Gasteiger partial charge in [-0.25, -0.2) is 4.39 Å². The zero-order chi connectivity index (χ0) is 13.1. The van der Waals surface area contributed by atoms with Crippen LogP contribution in [0.3, 0.4) is 0 Å². The first-order valence-corrected chi connectivity index (χ1v) is 6.08. The van der Waals surface area contributed by atoms with Crippen molar-refractivity contribution in [2.24, 2.45) is 0 Å². The van der Waals surface area contributed by atoms with E-state index in [9.17, 15) is 19.7 Å². The zero-order valence-electron chi connectivity index (χ0n) is 10.0. The Morgan fingerprint density at radius 3 is 2.33 bits per heavy atom. The first-order chi connectivity index (χ1) is 8.58. The van der Waals surface area contributed by atoms with Gasteiger partial charge < -0.3 is 15.3 Å². The highest BCUT2D eigenvalue weighted by molar-refractivity contribution is 5.17. The summed E-state index contributed by atoms with van der Waals surface area (Å²) in [5.41, 5.74) is 0.618. The van der Waals surface area contributed by atoms with Crippen LogP contribution in [0, 0.1) is 5.82 Å². The van der Waals surface area contributed by atoms with Crippen molar-refractivity contribution in [1.82, 2.24) is 4.90 Å². The van der Waals surface area contributed by atoms with Crippen molar-refractivity contribution >= 4 is 0 Å². The highest BCUT2D eigenvalue weighted by atomic mass is 19.1. The maximum atomic E-state index is 13.4. The third-order valence-electron chi connectivity index (χ3n) is 3.33. The van der Waals surface area contributed by atoms with Gasteiger partial charge in [0.2, 0.25) is 0 Å². The van der Waals surface area contributed by atoms with Crippen molar-refractivity contribution in [2.75, 3.05) is 19.6 Å². The van der Waals surface area contributed by atoms with Gasteiger partial charge in [-0.15, -0.1) is 0 Å². The van der Waals surface area contributed by atoms with E-state index >= 15 is 0 Å². The number of halogens is 1. The molecule has 0 amide bonds. The van der Waals surface area contributed by atoms with Crippen molar-refractivity contribution in [3.8, 4) is 0 Å². The van der Waals surface area contributed by atoms with Gasteiger partial charge >= 0.3 is 0 Å². The van der Waals surface area contributed by atoms with Crippen LogP contribution in [0.5, 0.6) is 0 Å². The van der Waals surface area contributed by atoms with E-state index in [4.69, 9.17) is 0 Å². The molecule has 1 heterocycles. The van der Waals surface area contributed by atoms with Crippen molar-refractivity contribution in [3.63, 3.8) is 0 Å². The normalized spacial score (nSPS) is 29.4. The van der Waals surface area contributed by atoms with Gasteiger partial charge in [0.15, 0.2) is 0 Å². The number of hydrogen-bond donors (Lipinski definition) is 3. The fraction of sp³-hybridized carbons (Fsp3) is 0.538. The molecular formula is C13H18FNO3. The van der Waals surface area contributed by atoms with Crippen LogP contribution in [0.1, 0.15) is 5.56 Å². The molecule has 2 atom stereocenters. The third kappa shape index (κ3) is 3.05. The molecule has 1 fully saturated rings. The van der Waals surface area contributed by atoms with E-state index in [1.165, 1.54) is 6.07 Å². The molecule has 18 heavy (non-hydrogen) atoms. The minimum Gasteiger partial charge on any atom is -0.389 e. The van der Waals surface area contributed by atoms with Crippen LogP contribution in [-0.4, -0.2) is 58.2 Å². The van der Waals surface area contributed by atoms with Crippen LogP contribution in [0.15, 0.2) is 24.3 Å². The van der Waals surface area contributed by atoms with Crippen LogP contribution in [0.2, 0.25) is 0 Å². The van der Waals surface area contributed by atoms with Crippen LogP contribution in [0.4, 0.5) is 4.39 Å². The molecule has 5 heteroatoms. The molecule has 1 aliphatic heterocycles. The fourth-order valence-corrected chi connectivity index (χ4v) is 2.24. The van der Waals surface area contributed by atoms with Gasteiger partial charge in [0.25, 0.3) is 0 Å². The zero-order valence-corrected chi connectivity index (χ0v) is 10.0. The Morgan fingerprint density at radius 1 is 1.11 bits per heavy atom. The molecule has 0 aromatic heterocycles. The van der Waals surface area contributed by atoms with Crippen molar-refractivity contribution in [2.45, 2.75) is 24.7 Å². The Balaban J connectivity index is 1.89. The molecule has 1 saturated heterocycles. The number of likely N-dealkylation sites (tertiary alicyclic amines) is 1. The van der Waals surface area contributed by atoms with E-state index < -0.39 is 18.3 Å². The number of piperidine rings is 1. The van der Waals surface area contributed by atoms with Gasteiger partial charge in [0.1, 0.15) is 11.9 Å². The number of rotatable bonds is 3. The first kappa shape index (κ1) is 13.4. The monoisotopic (exact) mass is 255 g/mol. The Kier molecular flexibility index (Phi) is 4.29. The summed E-state index contributed by atoms with van der Waals surface area (Å²) >= 11 is 0. The summed E-state index contributed by atoms with van der Waals surface area (Å²) in [6.07, 6.45) is -2.47. The molecule has 0 aliphatic carbocycles.